The molecule has 0 spiro atoms. The highest BCUT2D eigenvalue weighted by molar-refractivity contribution is 5.72. The molecule has 0 aliphatic carbocycles. The predicted molar refractivity (Wildman–Crippen MR) is 92.0 cm³/mol. The number of nitrogens with one attached hydrogen (secondary N) is 1. The highest BCUT2D eigenvalue weighted by Gasteiger charge is 2.44. The largest absolute Gasteiger partial charge is 0.352 e. The van der Waals surface area contributed by atoms with Crippen LogP contribution in [-0.2, 0) is 14.2 Å². The third-order valence-corrected chi connectivity index (χ3v) is 4.34. The van der Waals surface area contributed by atoms with E-state index in [9.17, 15) is 4.79 Å². The Labute approximate surface area is 141 Å². The summed E-state index contributed by atoms with van der Waals surface area (Å²) in [4.78, 5) is 11.4. The summed E-state index contributed by atoms with van der Waals surface area (Å²) in [5.41, 5.74) is 5.37. The van der Waals surface area contributed by atoms with Gasteiger partial charge in [-0.15, -0.1) is 0 Å². The van der Waals surface area contributed by atoms with Gasteiger partial charge in [0.1, 0.15) is 0 Å². The smallest absolute Gasteiger partial charge is 0.312 e. The van der Waals surface area contributed by atoms with Crippen LogP contribution < -0.4 is 11.1 Å². The first kappa shape index (κ1) is 22.1. The van der Waals surface area contributed by atoms with E-state index in [2.05, 4.69) is 19.2 Å². The molecular weight excluding hydrogens is 296 g/mol. The van der Waals surface area contributed by atoms with Crippen molar-refractivity contribution in [1.29, 1.82) is 0 Å². The van der Waals surface area contributed by atoms with E-state index < -0.39 is 12.0 Å². The van der Waals surface area contributed by atoms with Gasteiger partial charge >= 0.3 is 6.03 Å². The van der Waals surface area contributed by atoms with Crippen LogP contribution in [0.15, 0.2) is 0 Å². The number of rotatable bonds is 14. The van der Waals surface area contributed by atoms with Gasteiger partial charge in [-0.3, -0.25) is 0 Å². The van der Waals surface area contributed by atoms with E-state index in [4.69, 9.17) is 19.9 Å². The van der Waals surface area contributed by atoms with Crippen LogP contribution in [0.1, 0.15) is 65.2 Å². The molecule has 0 aromatic heterocycles. The maximum atomic E-state index is 11.4. The second-order valence-electron chi connectivity index (χ2n) is 5.93. The Morgan fingerprint density at radius 3 is 1.96 bits per heavy atom. The molecule has 0 heterocycles. The van der Waals surface area contributed by atoms with Crippen LogP contribution in [0.25, 0.3) is 0 Å². The summed E-state index contributed by atoms with van der Waals surface area (Å²) in [6.45, 7) is 4.28. The van der Waals surface area contributed by atoms with Crippen molar-refractivity contribution in [2.24, 2.45) is 11.7 Å². The van der Waals surface area contributed by atoms with E-state index in [-0.39, 0.29) is 12.0 Å². The molecule has 0 aliphatic rings. The van der Waals surface area contributed by atoms with Crippen LogP contribution in [-0.4, -0.2) is 39.4 Å². The number of urea groups is 1. The minimum absolute atomic E-state index is 0.133. The van der Waals surface area contributed by atoms with Crippen LogP contribution in [0, 0.1) is 5.92 Å². The van der Waals surface area contributed by atoms with Crippen LogP contribution in [0.2, 0.25) is 0 Å². The molecule has 2 unspecified atom stereocenters. The topological polar surface area (TPSA) is 82.8 Å². The van der Waals surface area contributed by atoms with Crippen molar-refractivity contribution < 1.29 is 19.0 Å². The highest BCUT2D eigenvalue weighted by atomic mass is 16.9. The zero-order chi connectivity index (χ0) is 17.7. The quantitative estimate of drug-likeness (QED) is 0.377. The summed E-state index contributed by atoms with van der Waals surface area (Å²) < 4.78 is 16.6. The fourth-order valence-electron chi connectivity index (χ4n) is 3.16. The molecule has 138 valence electrons. The van der Waals surface area contributed by atoms with Crippen molar-refractivity contribution in [1.82, 2.24) is 5.32 Å². The lowest BCUT2D eigenvalue weighted by atomic mass is 9.88. The van der Waals surface area contributed by atoms with E-state index in [1.165, 1.54) is 19.3 Å². The number of nitrogens with two attached hydrogens (primary N) is 1. The highest BCUT2D eigenvalue weighted by Crippen LogP contribution is 2.32. The summed E-state index contributed by atoms with van der Waals surface area (Å²) in [7, 11) is 4.66. The van der Waals surface area contributed by atoms with Crippen molar-refractivity contribution in [3.63, 3.8) is 0 Å². The zero-order valence-corrected chi connectivity index (χ0v) is 15.5. The van der Waals surface area contributed by atoms with Gasteiger partial charge in [-0.2, -0.15) is 0 Å². The molecule has 0 aliphatic heterocycles. The molecule has 23 heavy (non-hydrogen) atoms. The van der Waals surface area contributed by atoms with Crippen molar-refractivity contribution in [2.75, 3.05) is 21.3 Å². The molecule has 6 nitrogen and oxygen atoms in total. The average Bonchev–Trinajstić information content (AvgIpc) is 2.54. The number of carbonyl (C=O) groups excluding carboxylic acids is 1. The van der Waals surface area contributed by atoms with Crippen LogP contribution in [0.5, 0.6) is 0 Å². The second kappa shape index (κ2) is 12.6. The van der Waals surface area contributed by atoms with E-state index in [1.807, 2.05) is 0 Å². The second-order valence-corrected chi connectivity index (χ2v) is 5.93. The molecule has 0 saturated heterocycles. The first-order valence-electron chi connectivity index (χ1n) is 8.72. The SMILES string of the molecule is CCCCCCCC(NC(N)=O)C(CCC)C(OC)(OC)OC. The Morgan fingerprint density at radius 1 is 0.957 bits per heavy atom. The van der Waals surface area contributed by atoms with Gasteiger partial charge in [0.15, 0.2) is 0 Å². The third kappa shape index (κ3) is 7.50. The lowest BCUT2D eigenvalue weighted by Gasteiger charge is -2.40. The van der Waals surface area contributed by atoms with Gasteiger partial charge in [0.25, 0.3) is 5.97 Å². The van der Waals surface area contributed by atoms with Gasteiger partial charge in [0, 0.05) is 27.4 Å². The number of primary amides is 1. The van der Waals surface area contributed by atoms with Gasteiger partial charge in [-0.05, 0) is 12.8 Å². The number of carbonyl (C=O) groups is 1. The number of ether oxygens (including phenoxy) is 3. The van der Waals surface area contributed by atoms with Gasteiger partial charge < -0.3 is 25.3 Å². The molecule has 0 saturated carbocycles. The van der Waals surface area contributed by atoms with E-state index in [0.29, 0.717) is 0 Å². The molecule has 2 amide bonds. The van der Waals surface area contributed by atoms with Crippen molar-refractivity contribution in [3.8, 4) is 0 Å². The zero-order valence-electron chi connectivity index (χ0n) is 15.5. The standard InChI is InChI=1S/C17H36N2O4/c1-6-8-9-10-11-13-15(19-16(18)20)14(12-7-2)17(21-3,22-4)23-5/h14-15H,6-13H2,1-5H3,(H3,18,19,20). The number of hydrogen-bond acceptors (Lipinski definition) is 4. The lowest BCUT2D eigenvalue weighted by Crippen LogP contribution is -2.55. The number of unbranched alkanes of at least 4 members (excludes halogenated alkanes) is 4. The van der Waals surface area contributed by atoms with Crippen LogP contribution in [0.4, 0.5) is 4.79 Å². The van der Waals surface area contributed by atoms with Gasteiger partial charge in [-0.1, -0.05) is 52.4 Å². The maximum Gasteiger partial charge on any atom is 0.312 e. The van der Waals surface area contributed by atoms with Crippen molar-refractivity contribution in [3.05, 3.63) is 0 Å². The molecule has 6 heteroatoms. The number of hydrogen-bond donors (Lipinski definition) is 2. The normalized spacial score (nSPS) is 14.5. The number of methoxy groups -OCH3 is 3. The molecule has 0 aromatic rings. The van der Waals surface area contributed by atoms with E-state index >= 15 is 0 Å². The Balaban J connectivity index is 5.04. The predicted octanol–water partition coefficient (Wildman–Crippen LogP) is 3.39. The fraction of sp³-hybridized carbons (Fsp3) is 0.941. The summed E-state index contributed by atoms with van der Waals surface area (Å²) in [6.07, 6.45) is 8.38. The van der Waals surface area contributed by atoms with E-state index in [0.717, 1.165) is 32.1 Å². The molecule has 0 radical (unpaired) electrons. The maximum absolute atomic E-state index is 11.4. The first-order chi connectivity index (χ1) is 11.0. The minimum atomic E-state index is -1.17. The summed E-state index contributed by atoms with van der Waals surface area (Å²) in [5, 5.41) is 2.86. The van der Waals surface area contributed by atoms with Crippen LogP contribution >= 0.6 is 0 Å². The molecule has 3 N–H and O–H groups in total. The Hall–Kier alpha value is -0.850. The Bertz CT molecular complexity index is 301. The Morgan fingerprint density at radius 2 is 1.52 bits per heavy atom. The van der Waals surface area contributed by atoms with Crippen molar-refractivity contribution >= 4 is 6.03 Å². The minimum Gasteiger partial charge on any atom is -0.352 e. The Kier molecular flexibility index (Phi) is 12.1. The van der Waals surface area contributed by atoms with Crippen molar-refractivity contribution in [2.45, 2.75) is 77.2 Å². The van der Waals surface area contributed by atoms with Crippen LogP contribution in [0.3, 0.4) is 0 Å². The first-order valence-corrected chi connectivity index (χ1v) is 8.72. The lowest BCUT2D eigenvalue weighted by molar-refractivity contribution is -0.382. The molecule has 0 fully saturated rings. The summed E-state index contributed by atoms with van der Waals surface area (Å²) in [5.74, 6) is -1.31. The molecule has 0 bridgehead atoms. The van der Waals surface area contributed by atoms with Gasteiger partial charge in [-0.25, -0.2) is 4.79 Å². The average molecular weight is 332 g/mol. The van der Waals surface area contributed by atoms with Gasteiger partial charge in [0.05, 0.1) is 5.92 Å². The van der Waals surface area contributed by atoms with E-state index in [1.54, 1.807) is 21.3 Å². The summed E-state index contributed by atoms with van der Waals surface area (Å²) in [6, 6.07) is -0.671. The monoisotopic (exact) mass is 332 g/mol. The van der Waals surface area contributed by atoms with Gasteiger partial charge in [0.2, 0.25) is 0 Å². The molecular formula is C17H36N2O4. The summed E-state index contributed by atoms with van der Waals surface area (Å²) >= 11 is 0. The third-order valence-electron chi connectivity index (χ3n) is 4.34. The molecule has 0 aromatic carbocycles. The molecule has 0 rings (SSSR count). The molecule has 2 atom stereocenters. The number of amides is 2. The fourth-order valence-corrected chi connectivity index (χ4v) is 3.16.